The molecule has 1 heterocycles. The summed E-state index contributed by atoms with van der Waals surface area (Å²) in [5.74, 6) is 0.542. The van der Waals surface area contributed by atoms with Crippen LogP contribution in [0.3, 0.4) is 0 Å². The van der Waals surface area contributed by atoms with Gasteiger partial charge in [0.25, 0.3) is 0 Å². The largest absolute Gasteiger partial charge is 0.495 e. The third kappa shape index (κ3) is 5.04. The van der Waals surface area contributed by atoms with Crippen LogP contribution in [-0.2, 0) is 11.3 Å². The number of halogens is 1. The van der Waals surface area contributed by atoms with Crippen LogP contribution in [0.15, 0.2) is 42.5 Å². The number of methoxy groups -OCH3 is 1. The van der Waals surface area contributed by atoms with E-state index in [9.17, 15) is 4.79 Å². The topological polar surface area (TPSA) is 44.8 Å². The van der Waals surface area contributed by atoms with E-state index in [1.54, 1.807) is 13.2 Å². The summed E-state index contributed by atoms with van der Waals surface area (Å²) in [5, 5.41) is 3.62. The fourth-order valence-corrected chi connectivity index (χ4v) is 3.64. The first-order chi connectivity index (χ1) is 13.5. The van der Waals surface area contributed by atoms with Crippen LogP contribution in [0.25, 0.3) is 0 Å². The van der Waals surface area contributed by atoms with Crippen molar-refractivity contribution >= 4 is 23.2 Å². The van der Waals surface area contributed by atoms with Crippen molar-refractivity contribution in [3.63, 3.8) is 0 Å². The normalized spacial score (nSPS) is 16.6. The summed E-state index contributed by atoms with van der Waals surface area (Å²) < 4.78 is 5.36. The standard InChI is InChI=1S/C22H28ClN3O2/c1-16-13-20(21(28-3)14-19(16)23)24-22(27)17(2)26-11-9-25(10-12-26)15-18-7-5-4-6-8-18/h4-8,13-14,17H,9-12,15H2,1-3H3,(H,24,27)/t17-/m0/s1. The van der Waals surface area contributed by atoms with Crippen molar-refractivity contribution in [3.05, 3.63) is 58.6 Å². The monoisotopic (exact) mass is 401 g/mol. The first-order valence-corrected chi connectivity index (χ1v) is 10.0. The van der Waals surface area contributed by atoms with Crippen molar-refractivity contribution in [3.8, 4) is 5.75 Å². The number of hydrogen-bond donors (Lipinski definition) is 1. The van der Waals surface area contributed by atoms with Gasteiger partial charge in [-0.3, -0.25) is 14.6 Å². The number of rotatable bonds is 6. The summed E-state index contributed by atoms with van der Waals surface area (Å²) in [6.45, 7) is 8.48. The van der Waals surface area contributed by atoms with Gasteiger partial charge in [0.1, 0.15) is 5.75 Å². The zero-order valence-electron chi connectivity index (χ0n) is 16.7. The van der Waals surface area contributed by atoms with Crippen LogP contribution in [0, 0.1) is 6.92 Å². The smallest absolute Gasteiger partial charge is 0.241 e. The SMILES string of the molecule is COc1cc(Cl)c(C)cc1NC(=O)[C@H](C)N1CCN(Cc2ccccc2)CC1. The number of nitrogens with one attached hydrogen (secondary N) is 1. The van der Waals surface area contributed by atoms with Crippen molar-refractivity contribution in [2.45, 2.75) is 26.4 Å². The minimum absolute atomic E-state index is 0.0310. The third-order valence-electron chi connectivity index (χ3n) is 5.32. The second kappa shape index (κ2) is 9.41. The molecule has 0 unspecified atom stereocenters. The highest BCUT2D eigenvalue weighted by atomic mass is 35.5. The fourth-order valence-electron chi connectivity index (χ4n) is 3.48. The minimum Gasteiger partial charge on any atom is -0.495 e. The summed E-state index contributed by atoms with van der Waals surface area (Å²) in [6, 6.07) is 13.9. The molecular formula is C22H28ClN3O2. The van der Waals surface area contributed by atoms with E-state index in [2.05, 4.69) is 39.4 Å². The van der Waals surface area contributed by atoms with Gasteiger partial charge in [-0.25, -0.2) is 0 Å². The van der Waals surface area contributed by atoms with Crippen LogP contribution in [0.4, 0.5) is 5.69 Å². The van der Waals surface area contributed by atoms with E-state index in [-0.39, 0.29) is 11.9 Å². The van der Waals surface area contributed by atoms with Crippen molar-refractivity contribution in [2.24, 2.45) is 0 Å². The summed E-state index contributed by atoms with van der Waals surface area (Å²) >= 11 is 6.15. The number of aryl methyl sites for hydroxylation is 1. The second-order valence-electron chi connectivity index (χ2n) is 7.26. The molecule has 28 heavy (non-hydrogen) atoms. The number of piperazine rings is 1. The summed E-state index contributed by atoms with van der Waals surface area (Å²) in [4.78, 5) is 17.5. The van der Waals surface area contributed by atoms with E-state index in [1.165, 1.54) is 5.56 Å². The molecule has 5 nitrogen and oxygen atoms in total. The van der Waals surface area contributed by atoms with Gasteiger partial charge in [-0.1, -0.05) is 41.9 Å². The Hall–Kier alpha value is -2.08. The molecule has 0 aromatic heterocycles. The number of anilines is 1. The average Bonchev–Trinajstić information content (AvgIpc) is 2.71. The first-order valence-electron chi connectivity index (χ1n) is 9.63. The number of carbonyl (C=O) groups is 1. The van der Waals surface area contributed by atoms with Crippen LogP contribution < -0.4 is 10.1 Å². The Labute approximate surface area is 172 Å². The lowest BCUT2D eigenvalue weighted by molar-refractivity contribution is -0.121. The van der Waals surface area contributed by atoms with Crippen molar-refractivity contribution in [1.29, 1.82) is 0 Å². The van der Waals surface area contributed by atoms with Gasteiger partial charge < -0.3 is 10.1 Å². The predicted octanol–water partition coefficient (Wildman–Crippen LogP) is 3.80. The van der Waals surface area contributed by atoms with Crippen LogP contribution in [0.5, 0.6) is 5.75 Å². The molecule has 0 saturated carbocycles. The fraction of sp³-hybridized carbons (Fsp3) is 0.409. The molecule has 1 amide bonds. The lowest BCUT2D eigenvalue weighted by atomic mass is 10.1. The summed E-state index contributed by atoms with van der Waals surface area (Å²) in [7, 11) is 1.58. The zero-order valence-corrected chi connectivity index (χ0v) is 17.5. The maximum atomic E-state index is 12.8. The minimum atomic E-state index is -0.209. The molecule has 150 valence electrons. The molecule has 0 radical (unpaired) electrons. The predicted molar refractivity (Wildman–Crippen MR) is 114 cm³/mol. The number of ether oxygens (including phenoxy) is 1. The van der Waals surface area contributed by atoms with E-state index < -0.39 is 0 Å². The number of benzene rings is 2. The Balaban J connectivity index is 1.55. The second-order valence-corrected chi connectivity index (χ2v) is 7.67. The first kappa shape index (κ1) is 20.6. The Morgan fingerprint density at radius 1 is 1.18 bits per heavy atom. The lowest BCUT2D eigenvalue weighted by Crippen LogP contribution is -2.52. The molecule has 1 aliphatic heterocycles. The van der Waals surface area contributed by atoms with E-state index in [4.69, 9.17) is 16.3 Å². The van der Waals surface area contributed by atoms with E-state index in [0.717, 1.165) is 38.3 Å². The number of hydrogen-bond acceptors (Lipinski definition) is 4. The highest BCUT2D eigenvalue weighted by molar-refractivity contribution is 6.31. The van der Waals surface area contributed by atoms with E-state index in [1.807, 2.05) is 26.0 Å². The molecule has 0 aliphatic carbocycles. The van der Waals surface area contributed by atoms with Crippen molar-refractivity contribution < 1.29 is 9.53 Å². The molecule has 6 heteroatoms. The van der Waals surface area contributed by atoms with Crippen LogP contribution in [0.2, 0.25) is 5.02 Å². The molecule has 2 aromatic carbocycles. The third-order valence-corrected chi connectivity index (χ3v) is 5.73. The van der Waals surface area contributed by atoms with E-state index >= 15 is 0 Å². The average molecular weight is 402 g/mol. The van der Waals surface area contributed by atoms with Crippen LogP contribution in [-0.4, -0.2) is 55.0 Å². The Morgan fingerprint density at radius 2 is 1.86 bits per heavy atom. The highest BCUT2D eigenvalue weighted by Gasteiger charge is 2.26. The molecule has 1 fully saturated rings. The molecule has 1 saturated heterocycles. The quantitative estimate of drug-likeness (QED) is 0.799. The Bertz CT molecular complexity index is 805. The molecule has 0 bridgehead atoms. The molecule has 1 aliphatic rings. The summed E-state index contributed by atoms with van der Waals surface area (Å²) in [5.41, 5.74) is 2.89. The zero-order chi connectivity index (χ0) is 20.1. The number of amides is 1. The molecule has 2 aromatic rings. The van der Waals surface area contributed by atoms with Gasteiger partial charge in [-0.15, -0.1) is 0 Å². The molecule has 0 spiro atoms. The van der Waals surface area contributed by atoms with Gasteiger partial charge in [0.2, 0.25) is 5.91 Å². The molecule has 1 N–H and O–H groups in total. The van der Waals surface area contributed by atoms with Gasteiger partial charge in [-0.2, -0.15) is 0 Å². The highest BCUT2D eigenvalue weighted by Crippen LogP contribution is 2.31. The van der Waals surface area contributed by atoms with Gasteiger partial charge in [0, 0.05) is 43.8 Å². The van der Waals surface area contributed by atoms with Crippen LogP contribution >= 0.6 is 11.6 Å². The lowest BCUT2D eigenvalue weighted by Gasteiger charge is -2.37. The molecular weight excluding hydrogens is 374 g/mol. The maximum Gasteiger partial charge on any atom is 0.241 e. The maximum absolute atomic E-state index is 12.8. The Kier molecular flexibility index (Phi) is 6.94. The Morgan fingerprint density at radius 3 is 2.50 bits per heavy atom. The van der Waals surface area contributed by atoms with Gasteiger partial charge in [0.15, 0.2) is 0 Å². The van der Waals surface area contributed by atoms with Gasteiger partial charge >= 0.3 is 0 Å². The van der Waals surface area contributed by atoms with E-state index in [0.29, 0.717) is 16.5 Å². The van der Waals surface area contributed by atoms with Crippen molar-refractivity contribution in [2.75, 3.05) is 38.6 Å². The summed E-state index contributed by atoms with van der Waals surface area (Å²) in [6.07, 6.45) is 0. The molecule has 3 rings (SSSR count). The number of carbonyl (C=O) groups excluding carboxylic acids is 1. The van der Waals surface area contributed by atoms with Gasteiger partial charge in [-0.05, 0) is 31.0 Å². The van der Waals surface area contributed by atoms with Crippen LogP contribution in [0.1, 0.15) is 18.1 Å². The van der Waals surface area contributed by atoms with Gasteiger partial charge in [0.05, 0.1) is 18.8 Å². The molecule has 1 atom stereocenters. The van der Waals surface area contributed by atoms with Crippen molar-refractivity contribution in [1.82, 2.24) is 9.80 Å². The number of nitrogens with zero attached hydrogens (tertiary/aromatic N) is 2.